The molecule has 1 aliphatic heterocycles. The van der Waals surface area contributed by atoms with E-state index in [0.717, 1.165) is 24.9 Å². The standard InChI is InChI=1S/C19H21N3O3S2/c1-26-15-7-5-14(6-8-15)20-19-21-17-13-16(9-10-18(17)25-19)27(23,24)22-11-3-2-4-12-22/h5-10,13H,2-4,11-12H2,1H3,(H,20,21). The number of oxazole rings is 1. The van der Waals surface area contributed by atoms with Crippen LogP contribution in [0.5, 0.6) is 0 Å². The van der Waals surface area contributed by atoms with Crippen LogP contribution in [0.4, 0.5) is 11.7 Å². The fraction of sp³-hybridized carbons (Fsp3) is 0.316. The molecule has 0 aliphatic carbocycles. The Morgan fingerprint density at radius 1 is 1.07 bits per heavy atom. The third-order valence-corrected chi connectivity index (χ3v) is 7.29. The average molecular weight is 404 g/mol. The van der Waals surface area contributed by atoms with Gasteiger partial charge in [-0.05, 0) is 61.6 Å². The zero-order chi connectivity index (χ0) is 18.9. The molecular formula is C19H21N3O3S2. The second-order valence-electron chi connectivity index (χ2n) is 6.47. The number of piperidine rings is 1. The highest BCUT2D eigenvalue weighted by Crippen LogP contribution is 2.27. The average Bonchev–Trinajstić information content (AvgIpc) is 3.10. The van der Waals surface area contributed by atoms with Crippen molar-refractivity contribution < 1.29 is 12.8 Å². The molecule has 1 saturated heterocycles. The summed E-state index contributed by atoms with van der Waals surface area (Å²) in [4.78, 5) is 5.84. The minimum Gasteiger partial charge on any atom is -0.423 e. The largest absolute Gasteiger partial charge is 0.423 e. The Hall–Kier alpha value is -2.03. The first-order valence-electron chi connectivity index (χ1n) is 8.88. The summed E-state index contributed by atoms with van der Waals surface area (Å²) < 4.78 is 32.9. The van der Waals surface area contributed by atoms with Gasteiger partial charge in [-0.2, -0.15) is 9.29 Å². The zero-order valence-electron chi connectivity index (χ0n) is 15.0. The summed E-state index contributed by atoms with van der Waals surface area (Å²) in [6, 6.07) is 13.1. The third-order valence-electron chi connectivity index (χ3n) is 4.65. The van der Waals surface area contributed by atoms with Crippen molar-refractivity contribution >= 4 is 44.6 Å². The molecule has 6 nitrogen and oxygen atoms in total. The van der Waals surface area contributed by atoms with E-state index < -0.39 is 10.0 Å². The summed E-state index contributed by atoms with van der Waals surface area (Å²) in [5.74, 6) is 0. The van der Waals surface area contributed by atoms with Crippen molar-refractivity contribution in [3.63, 3.8) is 0 Å². The summed E-state index contributed by atoms with van der Waals surface area (Å²) in [6.45, 7) is 1.16. The van der Waals surface area contributed by atoms with Crippen LogP contribution >= 0.6 is 11.8 Å². The number of hydrogen-bond acceptors (Lipinski definition) is 6. The summed E-state index contributed by atoms with van der Waals surface area (Å²) in [5.41, 5.74) is 1.94. The summed E-state index contributed by atoms with van der Waals surface area (Å²) in [5, 5.41) is 3.12. The van der Waals surface area contributed by atoms with Crippen molar-refractivity contribution in [2.24, 2.45) is 0 Å². The van der Waals surface area contributed by atoms with Crippen molar-refractivity contribution in [2.75, 3.05) is 24.7 Å². The van der Waals surface area contributed by atoms with Crippen LogP contribution in [0.25, 0.3) is 11.1 Å². The topological polar surface area (TPSA) is 75.4 Å². The first kappa shape index (κ1) is 18.3. The highest BCUT2D eigenvalue weighted by Gasteiger charge is 2.26. The van der Waals surface area contributed by atoms with Gasteiger partial charge in [0.05, 0.1) is 4.90 Å². The van der Waals surface area contributed by atoms with Crippen LogP contribution in [-0.4, -0.2) is 37.1 Å². The van der Waals surface area contributed by atoms with E-state index in [1.807, 2.05) is 30.5 Å². The number of fused-ring (bicyclic) bond motifs is 1. The van der Waals surface area contributed by atoms with E-state index in [-0.39, 0.29) is 4.90 Å². The number of sulfonamides is 1. The van der Waals surface area contributed by atoms with Gasteiger partial charge in [0.25, 0.3) is 6.01 Å². The molecule has 27 heavy (non-hydrogen) atoms. The lowest BCUT2D eigenvalue weighted by Gasteiger charge is -2.25. The molecule has 1 aliphatic rings. The first-order valence-corrected chi connectivity index (χ1v) is 11.5. The number of hydrogen-bond donors (Lipinski definition) is 1. The number of nitrogens with one attached hydrogen (secondary N) is 1. The molecule has 0 unspecified atom stereocenters. The van der Waals surface area contributed by atoms with Gasteiger partial charge in [-0.3, -0.25) is 0 Å². The molecule has 1 N–H and O–H groups in total. The predicted molar refractivity (Wildman–Crippen MR) is 108 cm³/mol. The Morgan fingerprint density at radius 3 is 2.52 bits per heavy atom. The van der Waals surface area contributed by atoms with E-state index in [0.29, 0.717) is 30.2 Å². The SMILES string of the molecule is CSc1ccc(Nc2nc3cc(S(=O)(=O)N4CCCCC4)ccc3o2)cc1. The van der Waals surface area contributed by atoms with Gasteiger partial charge in [0.1, 0.15) is 5.52 Å². The Morgan fingerprint density at radius 2 is 1.81 bits per heavy atom. The normalized spacial score (nSPS) is 15.9. The zero-order valence-corrected chi connectivity index (χ0v) is 16.6. The summed E-state index contributed by atoms with van der Waals surface area (Å²) in [7, 11) is -3.48. The van der Waals surface area contributed by atoms with Gasteiger partial charge in [-0.15, -0.1) is 11.8 Å². The number of anilines is 2. The molecule has 142 valence electrons. The van der Waals surface area contributed by atoms with Crippen molar-refractivity contribution in [3.8, 4) is 0 Å². The highest BCUT2D eigenvalue weighted by atomic mass is 32.2. The lowest BCUT2D eigenvalue weighted by Crippen LogP contribution is -2.35. The molecule has 1 aromatic heterocycles. The molecular weight excluding hydrogens is 382 g/mol. The molecule has 1 fully saturated rings. The smallest absolute Gasteiger partial charge is 0.300 e. The van der Waals surface area contributed by atoms with E-state index in [1.54, 1.807) is 34.3 Å². The highest BCUT2D eigenvalue weighted by molar-refractivity contribution is 7.98. The van der Waals surface area contributed by atoms with Gasteiger partial charge in [-0.25, -0.2) is 8.42 Å². The van der Waals surface area contributed by atoms with Crippen LogP contribution in [0.1, 0.15) is 19.3 Å². The second-order valence-corrected chi connectivity index (χ2v) is 9.28. The molecule has 8 heteroatoms. The maximum Gasteiger partial charge on any atom is 0.300 e. The number of benzene rings is 2. The van der Waals surface area contributed by atoms with Crippen LogP contribution in [-0.2, 0) is 10.0 Å². The number of thioether (sulfide) groups is 1. The second kappa shape index (κ2) is 7.53. The number of rotatable bonds is 5. The van der Waals surface area contributed by atoms with E-state index in [9.17, 15) is 8.42 Å². The third kappa shape index (κ3) is 3.83. The molecule has 2 aromatic carbocycles. The van der Waals surface area contributed by atoms with Gasteiger partial charge in [0.15, 0.2) is 5.58 Å². The summed E-state index contributed by atoms with van der Waals surface area (Å²) in [6.07, 6.45) is 4.93. The lowest BCUT2D eigenvalue weighted by atomic mass is 10.2. The summed E-state index contributed by atoms with van der Waals surface area (Å²) >= 11 is 1.68. The Kier molecular flexibility index (Phi) is 5.12. The Labute approximate surface area is 163 Å². The van der Waals surface area contributed by atoms with Crippen LogP contribution in [0.15, 0.2) is 56.7 Å². The monoisotopic (exact) mass is 403 g/mol. The molecule has 0 spiro atoms. The molecule has 0 bridgehead atoms. The van der Waals surface area contributed by atoms with Gasteiger partial charge in [0.2, 0.25) is 10.0 Å². The van der Waals surface area contributed by atoms with E-state index in [2.05, 4.69) is 10.3 Å². The minimum absolute atomic E-state index is 0.265. The minimum atomic E-state index is -3.48. The lowest BCUT2D eigenvalue weighted by molar-refractivity contribution is 0.346. The molecule has 0 saturated carbocycles. The van der Waals surface area contributed by atoms with Crippen LogP contribution in [0, 0.1) is 0 Å². The van der Waals surface area contributed by atoms with E-state index >= 15 is 0 Å². The van der Waals surface area contributed by atoms with Gasteiger partial charge < -0.3 is 9.73 Å². The molecule has 0 atom stereocenters. The van der Waals surface area contributed by atoms with Gasteiger partial charge >= 0.3 is 0 Å². The molecule has 4 rings (SSSR count). The molecule has 0 radical (unpaired) electrons. The molecule has 2 heterocycles. The van der Waals surface area contributed by atoms with E-state index in [1.165, 1.54) is 4.90 Å². The number of nitrogens with zero attached hydrogens (tertiary/aromatic N) is 2. The van der Waals surface area contributed by atoms with Gasteiger partial charge in [-0.1, -0.05) is 6.42 Å². The van der Waals surface area contributed by atoms with Gasteiger partial charge in [0, 0.05) is 23.7 Å². The van der Waals surface area contributed by atoms with Crippen LogP contribution in [0.2, 0.25) is 0 Å². The quantitative estimate of drug-likeness (QED) is 0.634. The van der Waals surface area contributed by atoms with Crippen LogP contribution in [0.3, 0.4) is 0 Å². The number of aromatic nitrogens is 1. The van der Waals surface area contributed by atoms with Crippen molar-refractivity contribution in [3.05, 3.63) is 42.5 Å². The predicted octanol–water partition coefficient (Wildman–Crippen LogP) is 4.47. The first-order chi connectivity index (χ1) is 13.1. The van der Waals surface area contributed by atoms with Crippen molar-refractivity contribution in [2.45, 2.75) is 29.1 Å². The fourth-order valence-corrected chi connectivity index (χ4v) is 5.12. The molecule has 0 amide bonds. The maximum atomic E-state index is 12.8. The van der Waals surface area contributed by atoms with Crippen LogP contribution < -0.4 is 5.32 Å². The Balaban J connectivity index is 1.59. The van der Waals surface area contributed by atoms with E-state index in [4.69, 9.17) is 4.42 Å². The molecule has 3 aromatic rings. The maximum absolute atomic E-state index is 12.8. The Bertz CT molecular complexity index is 1040. The van der Waals surface area contributed by atoms with Crippen molar-refractivity contribution in [1.29, 1.82) is 0 Å². The van der Waals surface area contributed by atoms with Crippen molar-refractivity contribution in [1.82, 2.24) is 9.29 Å². The fourth-order valence-electron chi connectivity index (χ4n) is 3.17.